The number of ether oxygens (including phenoxy) is 1. The van der Waals surface area contributed by atoms with Crippen LogP contribution in [0.2, 0.25) is 0 Å². The van der Waals surface area contributed by atoms with Gasteiger partial charge in [-0.15, -0.1) is 0 Å². The molecule has 0 aromatic heterocycles. The summed E-state index contributed by atoms with van der Waals surface area (Å²) in [5.41, 5.74) is 1.29. The number of aliphatic hydroxyl groups is 2. The lowest BCUT2D eigenvalue weighted by molar-refractivity contribution is -0.117. The maximum absolute atomic E-state index is 11.5. The normalized spacial score (nSPS) is 26.6. The minimum Gasteiger partial charge on any atom is -0.512 e. The van der Waals surface area contributed by atoms with Gasteiger partial charge in [0.15, 0.2) is 5.78 Å². The zero-order chi connectivity index (χ0) is 13.4. The summed E-state index contributed by atoms with van der Waals surface area (Å²) in [5.74, 6) is 0.209. The first-order chi connectivity index (χ1) is 9.15. The lowest BCUT2D eigenvalue weighted by Gasteiger charge is -2.32. The summed E-state index contributed by atoms with van der Waals surface area (Å²) in [4.78, 5) is 11.5. The monoisotopic (exact) mass is 258 g/mol. The third kappa shape index (κ3) is 2.15. The molecule has 1 aromatic carbocycles. The smallest absolute Gasteiger partial charge is 0.162 e. The Morgan fingerprint density at radius 2 is 1.89 bits per heavy atom. The number of aliphatic hydroxyl groups excluding tert-OH is 2. The molecular formula is C15H14O4. The van der Waals surface area contributed by atoms with Crippen LogP contribution in [0, 0.1) is 0 Å². The van der Waals surface area contributed by atoms with Gasteiger partial charge in [-0.1, -0.05) is 30.3 Å². The first-order valence-corrected chi connectivity index (χ1v) is 6.21. The predicted octanol–water partition coefficient (Wildman–Crippen LogP) is 2.18. The zero-order valence-electron chi connectivity index (χ0n) is 10.2. The number of hydrogen-bond acceptors (Lipinski definition) is 4. The maximum Gasteiger partial charge on any atom is 0.162 e. The Hall–Kier alpha value is -2.07. The highest BCUT2D eigenvalue weighted by molar-refractivity contribution is 5.93. The van der Waals surface area contributed by atoms with Crippen LogP contribution in [-0.4, -0.2) is 22.1 Å². The van der Waals surface area contributed by atoms with Gasteiger partial charge in [0.05, 0.1) is 11.7 Å². The average Bonchev–Trinajstić information content (AvgIpc) is 2.38. The van der Waals surface area contributed by atoms with Gasteiger partial charge < -0.3 is 14.9 Å². The molecule has 2 aliphatic rings. The molecule has 1 heterocycles. The molecule has 3 rings (SSSR count). The van der Waals surface area contributed by atoms with E-state index in [1.54, 1.807) is 0 Å². The van der Waals surface area contributed by atoms with Crippen LogP contribution in [0.4, 0.5) is 0 Å². The van der Waals surface area contributed by atoms with Crippen molar-refractivity contribution in [3.05, 3.63) is 59.1 Å². The summed E-state index contributed by atoms with van der Waals surface area (Å²) in [6, 6.07) is 9.50. The van der Waals surface area contributed by atoms with Crippen molar-refractivity contribution < 1.29 is 19.7 Å². The molecule has 0 bridgehead atoms. The van der Waals surface area contributed by atoms with Gasteiger partial charge in [-0.05, 0) is 5.56 Å². The maximum atomic E-state index is 11.5. The van der Waals surface area contributed by atoms with Gasteiger partial charge >= 0.3 is 0 Å². The SMILES string of the molecule is O=C1C=C2O[C@H](c3ccccc3)CC(O)=C2C(O)C1. The van der Waals surface area contributed by atoms with Crippen LogP contribution in [0.25, 0.3) is 0 Å². The second-order valence-electron chi connectivity index (χ2n) is 4.78. The Bertz CT molecular complexity index is 571. The van der Waals surface area contributed by atoms with Crippen molar-refractivity contribution >= 4 is 5.78 Å². The fraction of sp³-hybridized carbons (Fsp3) is 0.267. The number of rotatable bonds is 1. The summed E-state index contributed by atoms with van der Waals surface area (Å²) in [5, 5.41) is 19.9. The van der Waals surface area contributed by atoms with E-state index in [-0.39, 0.29) is 24.1 Å². The molecule has 0 amide bonds. The molecule has 19 heavy (non-hydrogen) atoms. The van der Waals surface area contributed by atoms with Gasteiger partial charge in [0.2, 0.25) is 0 Å². The number of ketones is 1. The lowest BCUT2D eigenvalue weighted by Crippen LogP contribution is -2.28. The van der Waals surface area contributed by atoms with Gasteiger partial charge in [-0.2, -0.15) is 0 Å². The fourth-order valence-electron chi connectivity index (χ4n) is 2.51. The topological polar surface area (TPSA) is 66.8 Å². The van der Waals surface area contributed by atoms with Crippen molar-refractivity contribution in [3.8, 4) is 0 Å². The van der Waals surface area contributed by atoms with E-state index < -0.39 is 6.10 Å². The Labute approximate surface area is 110 Å². The molecule has 4 nitrogen and oxygen atoms in total. The first-order valence-electron chi connectivity index (χ1n) is 6.21. The van der Waals surface area contributed by atoms with E-state index in [0.29, 0.717) is 17.8 Å². The minimum absolute atomic E-state index is 0.00224. The molecule has 0 saturated carbocycles. The standard InChI is InChI=1S/C15H14O4/c16-10-6-11(17)15-12(18)8-13(19-14(15)7-10)9-4-2-1-3-5-9/h1-5,7,11,13,17-18H,6,8H2/t11?,13-/m0/s1. The molecule has 0 radical (unpaired) electrons. The van der Waals surface area contributed by atoms with E-state index in [4.69, 9.17) is 4.74 Å². The highest BCUT2D eigenvalue weighted by atomic mass is 16.5. The van der Waals surface area contributed by atoms with Gasteiger partial charge in [0, 0.05) is 18.9 Å². The molecule has 1 aliphatic carbocycles. The van der Waals surface area contributed by atoms with Crippen molar-refractivity contribution in [2.24, 2.45) is 0 Å². The van der Waals surface area contributed by atoms with Gasteiger partial charge in [-0.3, -0.25) is 4.79 Å². The van der Waals surface area contributed by atoms with E-state index in [1.165, 1.54) is 6.08 Å². The molecule has 1 aliphatic heterocycles. The zero-order valence-corrected chi connectivity index (χ0v) is 10.2. The molecule has 2 N–H and O–H groups in total. The van der Waals surface area contributed by atoms with Gasteiger partial charge in [0.1, 0.15) is 17.6 Å². The van der Waals surface area contributed by atoms with E-state index >= 15 is 0 Å². The van der Waals surface area contributed by atoms with Crippen LogP contribution in [0.3, 0.4) is 0 Å². The van der Waals surface area contributed by atoms with Crippen molar-refractivity contribution in [2.75, 3.05) is 0 Å². The second-order valence-corrected chi connectivity index (χ2v) is 4.78. The van der Waals surface area contributed by atoms with Crippen LogP contribution >= 0.6 is 0 Å². The molecule has 98 valence electrons. The largest absolute Gasteiger partial charge is 0.512 e. The summed E-state index contributed by atoms with van der Waals surface area (Å²) in [7, 11) is 0. The highest BCUT2D eigenvalue weighted by Crippen LogP contribution is 2.39. The predicted molar refractivity (Wildman–Crippen MR) is 68.3 cm³/mol. The molecule has 2 atom stereocenters. The van der Waals surface area contributed by atoms with Gasteiger partial charge in [-0.25, -0.2) is 0 Å². The number of carbonyl (C=O) groups is 1. The quantitative estimate of drug-likeness (QED) is 0.810. The Kier molecular flexibility index (Phi) is 2.87. The third-order valence-electron chi connectivity index (χ3n) is 3.42. The van der Waals surface area contributed by atoms with Crippen molar-refractivity contribution in [1.29, 1.82) is 0 Å². The average molecular weight is 258 g/mol. The molecule has 4 heteroatoms. The molecule has 0 spiro atoms. The number of hydrogen-bond donors (Lipinski definition) is 2. The fourth-order valence-corrected chi connectivity index (χ4v) is 2.51. The van der Waals surface area contributed by atoms with Crippen LogP contribution in [0.15, 0.2) is 53.5 Å². The summed E-state index contributed by atoms with van der Waals surface area (Å²) in [6.45, 7) is 0. The van der Waals surface area contributed by atoms with E-state index in [9.17, 15) is 15.0 Å². The summed E-state index contributed by atoms with van der Waals surface area (Å²) < 4.78 is 5.75. The van der Waals surface area contributed by atoms with E-state index in [1.807, 2.05) is 30.3 Å². The van der Waals surface area contributed by atoms with Gasteiger partial charge in [0.25, 0.3) is 0 Å². The molecule has 0 fully saturated rings. The molecule has 1 aromatic rings. The van der Waals surface area contributed by atoms with Crippen molar-refractivity contribution in [3.63, 3.8) is 0 Å². The lowest BCUT2D eigenvalue weighted by atomic mass is 9.90. The summed E-state index contributed by atoms with van der Waals surface area (Å²) in [6.07, 6.45) is 0.371. The summed E-state index contributed by atoms with van der Waals surface area (Å²) >= 11 is 0. The highest BCUT2D eigenvalue weighted by Gasteiger charge is 2.35. The van der Waals surface area contributed by atoms with E-state index in [2.05, 4.69) is 0 Å². The number of fused-ring (bicyclic) bond motifs is 1. The molecular weight excluding hydrogens is 244 g/mol. The Morgan fingerprint density at radius 1 is 1.16 bits per heavy atom. The third-order valence-corrected chi connectivity index (χ3v) is 3.42. The number of allylic oxidation sites excluding steroid dienone is 1. The second kappa shape index (κ2) is 4.55. The van der Waals surface area contributed by atoms with Crippen LogP contribution in [0.1, 0.15) is 24.5 Å². The van der Waals surface area contributed by atoms with E-state index in [0.717, 1.165) is 5.56 Å². The molecule has 1 unspecified atom stereocenters. The Balaban J connectivity index is 1.98. The number of carbonyl (C=O) groups excluding carboxylic acids is 1. The van der Waals surface area contributed by atoms with Crippen LogP contribution < -0.4 is 0 Å². The van der Waals surface area contributed by atoms with Crippen molar-refractivity contribution in [2.45, 2.75) is 25.0 Å². The number of benzene rings is 1. The van der Waals surface area contributed by atoms with Crippen LogP contribution in [0.5, 0.6) is 0 Å². The van der Waals surface area contributed by atoms with Crippen LogP contribution in [-0.2, 0) is 9.53 Å². The van der Waals surface area contributed by atoms with Crippen molar-refractivity contribution in [1.82, 2.24) is 0 Å². The first kappa shape index (κ1) is 12.0. The molecule has 0 saturated heterocycles. The minimum atomic E-state index is -0.968. The Morgan fingerprint density at radius 3 is 2.63 bits per heavy atom.